The number of carbonyl (C=O) groups excluding carboxylic acids is 1. The van der Waals surface area contributed by atoms with Crippen LogP contribution in [0.4, 0.5) is 9.18 Å². The van der Waals surface area contributed by atoms with E-state index in [-0.39, 0.29) is 30.7 Å². The molecule has 6 heteroatoms. The minimum atomic E-state index is -0.272. The molecule has 26 heavy (non-hydrogen) atoms. The second-order valence-corrected chi connectivity index (χ2v) is 6.69. The van der Waals surface area contributed by atoms with E-state index in [1.165, 1.54) is 12.1 Å². The SMILES string of the molecule is CC(C)NC(=O)NC(Cc1ccc(F)cc1)Cc1ccc2c(c1)OCO2. The fourth-order valence-corrected chi connectivity index (χ4v) is 2.92. The van der Waals surface area contributed by atoms with Crippen LogP contribution < -0.4 is 20.1 Å². The molecule has 2 aromatic carbocycles. The lowest BCUT2D eigenvalue weighted by atomic mass is 9.98. The molecule has 1 aliphatic heterocycles. The summed E-state index contributed by atoms with van der Waals surface area (Å²) < 4.78 is 23.9. The van der Waals surface area contributed by atoms with Gasteiger partial charge in [-0.1, -0.05) is 18.2 Å². The second-order valence-electron chi connectivity index (χ2n) is 6.69. The van der Waals surface area contributed by atoms with E-state index < -0.39 is 0 Å². The molecule has 0 saturated carbocycles. The van der Waals surface area contributed by atoms with Gasteiger partial charge in [-0.05, 0) is 62.1 Å². The quantitative estimate of drug-likeness (QED) is 0.832. The lowest BCUT2D eigenvalue weighted by Crippen LogP contribution is -2.46. The Morgan fingerprint density at radius 3 is 2.38 bits per heavy atom. The first-order chi connectivity index (χ1) is 12.5. The average Bonchev–Trinajstić information content (AvgIpc) is 3.04. The highest BCUT2D eigenvalue weighted by atomic mass is 19.1. The van der Waals surface area contributed by atoms with Gasteiger partial charge in [-0.2, -0.15) is 0 Å². The van der Waals surface area contributed by atoms with Crippen molar-refractivity contribution in [3.63, 3.8) is 0 Å². The number of fused-ring (bicyclic) bond motifs is 1. The van der Waals surface area contributed by atoms with Crippen molar-refractivity contribution in [1.82, 2.24) is 10.6 Å². The minimum Gasteiger partial charge on any atom is -0.454 e. The molecule has 5 nitrogen and oxygen atoms in total. The molecule has 1 unspecified atom stereocenters. The Kier molecular flexibility index (Phi) is 5.61. The van der Waals surface area contributed by atoms with Crippen LogP contribution in [-0.4, -0.2) is 24.9 Å². The first kappa shape index (κ1) is 18.0. The molecule has 2 N–H and O–H groups in total. The number of rotatable bonds is 6. The van der Waals surface area contributed by atoms with Crippen molar-refractivity contribution in [3.05, 3.63) is 59.4 Å². The summed E-state index contributed by atoms with van der Waals surface area (Å²) in [7, 11) is 0. The van der Waals surface area contributed by atoms with Gasteiger partial charge in [-0.3, -0.25) is 0 Å². The number of benzene rings is 2. The third-order valence-corrected chi connectivity index (χ3v) is 4.07. The number of hydrogen-bond acceptors (Lipinski definition) is 3. The average molecular weight is 358 g/mol. The van der Waals surface area contributed by atoms with Crippen molar-refractivity contribution in [2.24, 2.45) is 0 Å². The maximum absolute atomic E-state index is 13.1. The van der Waals surface area contributed by atoms with Crippen molar-refractivity contribution >= 4 is 6.03 Å². The van der Waals surface area contributed by atoms with Gasteiger partial charge >= 0.3 is 6.03 Å². The van der Waals surface area contributed by atoms with Crippen LogP contribution in [0.3, 0.4) is 0 Å². The summed E-state index contributed by atoms with van der Waals surface area (Å²) >= 11 is 0. The zero-order valence-corrected chi connectivity index (χ0v) is 14.9. The topological polar surface area (TPSA) is 59.6 Å². The largest absolute Gasteiger partial charge is 0.454 e. The molecule has 0 saturated heterocycles. The first-order valence-corrected chi connectivity index (χ1v) is 8.69. The molecule has 0 bridgehead atoms. The molecule has 1 aliphatic rings. The second kappa shape index (κ2) is 8.08. The van der Waals surface area contributed by atoms with Gasteiger partial charge in [0, 0.05) is 12.1 Å². The number of ether oxygens (including phenoxy) is 2. The first-order valence-electron chi connectivity index (χ1n) is 8.69. The molecular formula is C20H23FN2O3. The van der Waals surface area contributed by atoms with Crippen LogP contribution in [0.25, 0.3) is 0 Å². The summed E-state index contributed by atoms with van der Waals surface area (Å²) in [6.45, 7) is 4.05. The van der Waals surface area contributed by atoms with Crippen molar-refractivity contribution in [3.8, 4) is 11.5 Å². The number of nitrogens with one attached hydrogen (secondary N) is 2. The number of hydrogen-bond donors (Lipinski definition) is 2. The Hall–Kier alpha value is -2.76. The van der Waals surface area contributed by atoms with Crippen molar-refractivity contribution < 1.29 is 18.7 Å². The number of urea groups is 1. The summed E-state index contributed by atoms with van der Waals surface area (Å²) in [5.74, 6) is 1.18. The van der Waals surface area contributed by atoms with Crippen LogP contribution in [-0.2, 0) is 12.8 Å². The molecule has 2 amide bonds. The lowest BCUT2D eigenvalue weighted by molar-refractivity contribution is 0.174. The molecule has 2 aromatic rings. The van der Waals surface area contributed by atoms with E-state index >= 15 is 0 Å². The Bertz CT molecular complexity index is 762. The van der Waals surface area contributed by atoms with Gasteiger partial charge in [0.1, 0.15) is 5.82 Å². The molecule has 3 rings (SSSR count). The number of carbonyl (C=O) groups is 1. The molecule has 138 valence electrons. The van der Waals surface area contributed by atoms with Gasteiger partial charge in [0.25, 0.3) is 0 Å². The highest BCUT2D eigenvalue weighted by Crippen LogP contribution is 2.32. The summed E-state index contributed by atoms with van der Waals surface area (Å²) in [4.78, 5) is 12.2. The third kappa shape index (κ3) is 4.88. The summed E-state index contributed by atoms with van der Waals surface area (Å²) in [6, 6.07) is 11.8. The predicted molar refractivity (Wildman–Crippen MR) is 97.0 cm³/mol. The molecule has 1 atom stereocenters. The molecular weight excluding hydrogens is 335 g/mol. The molecule has 0 aromatic heterocycles. The maximum atomic E-state index is 13.1. The fourth-order valence-electron chi connectivity index (χ4n) is 2.92. The lowest BCUT2D eigenvalue weighted by Gasteiger charge is -2.21. The summed E-state index contributed by atoms with van der Waals surface area (Å²) in [6.07, 6.45) is 1.22. The molecule has 0 fully saturated rings. The van der Waals surface area contributed by atoms with E-state index in [1.54, 1.807) is 12.1 Å². The summed E-state index contributed by atoms with van der Waals surface area (Å²) in [5, 5.41) is 5.85. The monoisotopic (exact) mass is 358 g/mol. The van der Waals surface area contributed by atoms with E-state index in [0.717, 1.165) is 22.6 Å². The van der Waals surface area contributed by atoms with E-state index in [4.69, 9.17) is 9.47 Å². The van der Waals surface area contributed by atoms with E-state index in [0.29, 0.717) is 12.8 Å². The Morgan fingerprint density at radius 2 is 1.65 bits per heavy atom. The maximum Gasteiger partial charge on any atom is 0.315 e. The smallest absolute Gasteiger partial charge is 0.315 e. The molecule has 0 spiro atoms. The van der Waals surface area contributed by atoms with Gasteiger partial charge in [-0.15, -0.1) is 0 Å². The van der Waals surface area contributed by atoms with Crippen LogP contribution in [0.15, 0.2) is 42.5 Å². The van der Waals surface area contributed by atoms with Gasteiger partial charge in [0.15, 0.2) is 11.5 Å². The normalized spacial score (nSPS) is 13.5. The fraction of sp³-hybridized carbons (Fsp3) is 0.350. The van der Waals surface area contributed by atoms with Crippen molar-refractivity contribution in [1.29, 1.82) is 0 Å². The van der Waals surface area contributed by atoms with Crippen LogP contribution in [0, 0.1) is 5.82 Å². The van der Waals surface area contributed by atoms with Crippen LogP contribution in [0.5, 0.6) is 11.5 Å². The van der Waals surface area contributed by atoms with Gasteiger partial charge in [-0.25, -0.2) is 9.18 Å². The van der Waals surface area contributed by atoms with E-state index in [1.807, 2.05) is 32.0 Å². The van der Waals surface area contributed by atoms with Crippen LogP contribution in [0.1, 0.15) is 25.0 Å². The number of amides is 2. The van der Waals surface area contributed by atoms with Gasteiger partial charge in [0.2, 0.25) is 6.79 Å². The van der Waals surface area contributed by atoms with Gasteiger partial charge in [0.05, 0.1) is 0 Å². The minimum absolute atomic E-state index is 0.0482. The van der Waals surface area contributed by atoms with Crippen molar-refractivity contribution in [2.75, 3.05) is 6.79 Å². The Morgan fingerprint density at radius 1 is 1.00 bits per heavy atom. The number of halogens is 1. The van der Waals surface area contributed by atoms with Crippen molar-refractivity contribution in [2.45, 2.75) is 38.8 Å². The highest BCUT2D eigenvalue weighted by Gasteiger charge is 2.18. The molecule has 0 aliphatic carbocycles. The zero-order chi connectivity index (χ0) is 18.5. The van der Waals surface area contributed by atoms with Crippen LogP contribution in [0.2, 0.25) is 0 Å². The standard InChI is InChI=1S/C20H23FN2O3/c1-13(2)22-20(24)23-17(9-14-3-6-16(21)7-4-14)10-15-5-8-18-19(11-15)26-12-25-18/h3-8,11,13,17H,9-10,12H2,1-2H3,(H2,22,23,24). The van der Waals surface area contributed by atoms with E-state index in [9.17, 15) is 9.18 Å². The summed E-state index contributed by atoms with van der Waals surface area (Å²) in [5.41, 5.74) is 1.99. The highest BCUT2D eigenvalue weighted by molar-refractivity contribution is 5.74. The molecule has 1 heterocycles. The third-order valence-electron chi connectivity index (χ3n) is 4.07. The van der Waals surface area contributed by atoms with E-state index in [2.05, 4.69) is 10.6 Å². The van der Waals surface area contributed by atoms with Crippen LogP contribution >= 0.6 is 0 Å². The predicted octanol–water partition coefficient (Wildman–Crippen LogP) is 3.42. The van der Waals surface area contributed by atoms with Gasteiger partial charge < -0.3 is 20.1 Å². The molecule has 0 radical (unpaired) electrons. The zero-order valence-electron chi connectivity index (χ0n) is 14.9. The Balaban J connectivity index is 1.73. The Labute approximate surface area is 152 Å².